The standard InChI is InChI=1S/C12H18.C4H10.2C2H6/c1-5-6-12-8-7-9(2)10(3)11(12)4;1-3-4-2;2*1-2/h7-8H,5-6H2,1-4H3;3-4H2,1-2H3;2*1-2H3. The maximum atomic E-state index is 2.27. The van der Waals surface area contributed by atoms with E-state index < -0.39 is 0 Å². The van der Waals surface area contributed by atoms with Gasteiger partial charge in [0, 0.05) is 0 Å². The van der Waals surface area contributed by atoms with Gasteiger partial charge in [-0.25, -0.2) is 0 Å². The van der Waals surface area contributed by atoms with Crippen molar-refractivity contribution in [1.82, 2.24) is 0 Å². The third-order valence-corrected chi connectivity index (χ3v) is 3.19. The third kappa shape index (κ3) is 11.1. The molecule has 0 unspecified atom stereocenters. The van der Waals surface area contributed by atoms with Gasteiger partial charge in [0.1, 0.15) is 0 Å². The maximum absolute atomic E-state index is 2.27. The minimum Gasteiger partial charge on any atom is -0.0683 e. The Morgan fingerprint density at radius 2 is 1.10 bits per heavy atom. The Balaban J connectivity index is -0.000000306. The van der Waals surface area contributed by atoms with E-state index in [0.717, 1.165) is 0 Å². The molecule has 0 radical (unpaired) electrons. The zero-order valence-corrected chi connectivity index (χ0v) is 16.0. The van der Waals surface area contributed by atoms with Crippen molar-refractivity contribution in [2.75, 3.05) is 0 Å². The molecule has 0 aliphatic heterocycles. The predicted octanol–water partition coefficient (Wildman–Crippen LogP) is 7.42. The molecule has 0 aliphatic rings. The van der Waals surface area contributed by atoms with Crippen LogP contribution in [0.15, 0.2) is 12.1 Å². The molecule has 0 saturated heterocycles. The second-order valence-electron chi connectivity index (χ2n) is 4.54. The Hall–Kier alpha value is -0.780. The number of rotatable bonds is 3. The molecule has 0 spiro atoms. The summed E-state index contributed by atoms with van der Waals surface area (Å²) in [6.45, 7) is 21.2. The summed E-state index contributed by atoms with van der Waals surface area (Å²) < 4.78 is 0. The van der Waals surface area contributed by atoms with E-state index in [1.165, 1.54) is 47.9 Å². The summed E-state index contributed by atoms with van der Waals surface area (Å²) in [7, 11) is 0. The van der Waals surface area contributed by atoms with Crippen LogP contribution in [0.3, 0.4) is 0 Å². The lowest BCUT2D eigenvalue weighted by atomic mass is 9.96. The Morgan fingerprint density at radius 1 is 0.650 bits per heavy atom. The van der Waals surface area contributed by atoms with Crippen molar-refractivity contribution in [2.45, 2.75) is 94.9 Å². The molecule has 120 valence electrons. The second kappa shape index (κ2) is 18.2. The summed E-state index contributed by atoms with van der Waals surface area (Å²) in [5.74, 6) is 0. The first-order valence-electron chi connectivity index (χ1n) is 8.64. The van der Waals surface area contributed by atoms with Crippen molar-refractivity contribution in [3.63, 3.8) is 0 Å². The van der Waals surface area contributed by atoms with Crippen molar-refractivity contribution >= 4 is 0 Å². The minimum atomic E-state index is 1.22. The molecule has 0 saturated carbocycles. The third-order valence-electron chi connectivity index (χ3n) is 3.19. The topological polar surface area (TPSA) is 0 Å². The monoisotopic (exact) mass is 280 g/mol. The Kier molecular flexibility index (Phi) is 22.1. The Labute approximate surface area is 130 Å². The molecule has 0 fully saturated rings. The van der Waals surface area contributed by atoms with E-state index >= 15 is 0 Å². The van der Waals surface area contributed by atoms with Crippen LogP contribution in [0.25, 0.3) is 0 Å². The van der Waals surface area contributed by atoms with Gasteiger partial charge in [-0.3, -0.25) is 0 Å². The second-order valence-corrected chi connectivity index (χ2v) is 4.54. The zero-order valence-electron chi connectivity index (χ0n) is 16.0. The molecule has 0 heterocycles. The first-order valence-corrected chi connectivity index (χ1v) is 8.64. The van der Waals surface area contributed by atoms with Crippen LogP contribution >= 0.6 is 0 Å². The SMILES string of the molecule is CC.CC.CCCC.CCCc1ccc(C)c(C)c1C. The Morgan fingerprint density at radius 3 is 1.45 bits per heavy atom. The number of hydrogen-bond acceptors (Lipinski definition) is 0. The number of unbranched alkanes of at least 4 members (excludes halogenated alkanes) is 1. The normalized spacial score (nSPS) is 8.30. The highest BCUT2D eigenvalue weighted by Crippen LogP contribution is 2.17. The first kappa shape index (κ1) is 24.3. The summed E-state index contributed by atoms with van der Waals surface area (Å²) in [4.78, 5) is 0. The van der Waals surface area contributed by atoms with E-state index in [4.69, 9.17) is 0 Å². The van der Waals surface area contributed by atoms with E-state index in [-0.39, 0.29) is 0 Å². The first-order chi connectivity index (χ1) is 9.58. The quantitative estimate of drug-likeness (QED) is 0.540. The highest BCUT2D eigenvalue weighted by molar-refractivity contribution is 5.38. The van der Waals surface area contributed by atoms with Gasteiger partial charge in [0.25, 0.3) is 0 Å². The molecule has 0 N–H and O–H groups in total. The average Bonchev–Trinajstić information content (AvgIpc) is 2.52. The van der Waals surface area contributed by atoms with Gasteiger partial charge in [0.05, 0.1) is 0 Å². The maximum Gasteiger partial charge on any atom is -0.0279 e. The Bertz CT molecular complexity index is 295. The molecule has 0 bridgehead atoms. The van der Waals surface area contributed by atoms with Crippen LogP contribution in [-0.2, 0) is 6.42 Å². The van der Waals surface area contributed by atoms with E-state index in [1.54, 1.807) is 0 Å². The van der Waals surface area contributed by atoms with E-state index in [0.29, 0.717) is 0 Å². The predicted molar refractivity (Wildman–Crippen MR) is 97.9 cm³/mol. The molecular weight excluding hydrogens is 240 g/mol. The molecule has 1 rings (SSSR count). The van der Waals surface area contributed by atoms with Gasteiger partial charge in [-0.1, -0.05) is 79.9 Å². The van der Waals surface area contributed by atoms with Crippen LogP contribution in [0, 0.1) is 20.8 Å². The van der Waals surface area contributed by atoms with Crippen molar-refractivity contribution < 1.29 is 0 Å². The van der Waals surface area contributed by atoms with Crippen LogP contribution < -0.4 is 0 Å². The summed E-state index contributed by atoms with van der Waals surface area (Å²) >= 11 is 0. The van der Waals surface area contributed by atoms with Crippen molar-refractivity contribution in [3.05, 3.63) is 34.4 Å². The summed E-state index contributed by atoms with van der Waals surface area (Å²) in [6.07, 6.45) is 5.09. The molecule has 0 aliphatic carbocycles. The molecule has 0 heteroatoms. The van der Waals surface area contributed by atoms with Crippen LogP contribution in [0.4, 0.5) is 0 Å². The van der Waals surface area contributed by atoms with Gasteiger partial charge in [0.15, 0.2) is 0 Å². The molecule has 1 aromatic rings. The van der Waals surface area contributed by atoms with Crippen LogP contribution in [0.2, 0.25) is 0 Å². The highest BCUT2D eigenvalue weighted by atomic mass is 14.1. The fourth-order valence-corrected chi connectivity index (χ4v) is 1.55. The van der Waals surface area contributed by atoms with Crippen molar-refractivity contribution in [2.24, 2.45) is 0 Å². The zero-order chi connectivity index (χ0) is 16.6. The molecule has 0 nitrogen and oxygen atoms in total. The molecule has 0 amide bonds. The summed E-state index contributed by atoms with van der Waals surface area (Å²) in [5.41, 5.74) is 5.87. The van der Waals surface area contributed by atoms with Gasteiger partial charge in [-0.15, -0.1) is 0 Å². The van der Waals surface area contributed by atoms with Gasteiger partial charge in [0.2, 0.25) is 0 Å². The summed E-state index contributed by atoms with van der Waals surface area (Å²) in [5, 5.41) is 0. The fourth-order valence-electron chi connectivity index (χ4n) is 1.55. The van der Waals surface area contributed by atoms with Crippen LogP contribution in [0.1, 0.15) is 90.0 Å². The van der Waals surface area contributed by atoms with E-state index in [1.807, 2.05) is 27.7 Å². The number of hydrogen-bond donors (Lipinski definition) is 0. The van der Waals surface area contributed by atoms with Crippen molar-refractivity contribution in [3.8, 4) is 0 Å². The number of aryl methyl sites for hydroxylation is 2. The van der Waals surface area contributed by atoms with Crippen LogP contribution in [0.5, 0.6) is 0 Å². The lowest BCUT2D eigenvalue weighted by Crippen LogP contribution is -1.93. The lowest BCUT2D eigenvalue weighted by Gasteiger charge is -2.09. The van der Waals surface area contributed by atoms with Gasteiger partial charge in [-0.05, 0) is 49.4 Å². The van der Waals surface area contributed by atoms with E-state index in [2.05, 4.69) is 53.7 Å². The van der Waals surface area contributed by atoms with E-state index in [9.17, 15) is 0 Å². The molecular formula is C20H40. The fraction of sp³-hybridized carbons (Fsp3) is 0.700. The molecule has 20 heavy (non-hydrogen) atoms. The van der Waals surface area contributed by atoms with Gasteiger partial charge in [-0.2, -0.15) is 0 Å². The molecule has 0 atom stereocenters. The van der Waals surface area contributed by atoms with Gasteiger partial charge < -0.3 is 0 Å². The average molecular weight is 281 g/mol. The lowest BCUT2D eigenvalue weighted by molar-refractivity contribution is 0.886. The number of benzene rings is 1. The molecule has 1 aromatic carbocycles. The summed E-state index contributed by atoms with van der Waals surface area (Å²) in [6, 6.07) is 4.49. The minimum absolute atomic E-state index is 1.22. The van der Waals surface area contributed by atoms with Crippen LogP contribution in [-0.4, -0.2) is 0 Å². The smallest absolute Gasteiger partial charge is 0.0279 e. The largest absolute Gasteiger partial charge is 0.0683 e. The van der Waals surface area contributed by atoms with Gasteiger partial charge >= 0.3 is 0 Å². The highest BCUT2D eigenvalue weighted by Gasteiger charge is 2.01. The molecule has 0 aromatic heterocycles. The van der Waals surface area contributed by atoms with Crippen molar-refractivity contribution in [1.29, 1.82) is 0 Å².